The minimum absolute atomic E-state index is 0.115. The first-order valence-corrected chi connectivity index (χ1v) is 11.3. The van der Waals surface area contributed by atoms with Gasteiger partial charge in [0.1, 0.15) is 16.2 Å². The van der Waals surface area contributed by atoms with Gasteiger partial charge in [0.05, 0.1) is 38.7 Å². The number of hydrogen-bond donors (Lipinski definition) is 1. The third-order valence-electron chi connectivity index (χ3n) is 5.15. The van der Waals surface area contributed by atoms with Crippen LogP contribution in [0.15, 0.2) is 47.4 Å². The summed E-state index contributed by atoms with van der Waals surface area (Å²) in [6, 6.07) is 11.5. The van der Waals surface area contributed by atoms with Gasteiger partial charge in [-0.1, -0.05) is 25.1 Å². The summed E-state index contributed by atoms with van der Waals surface area (Å²) in [6.07, 6.45) is 1.76. The van der Waals surface area contributed by atoms with E-state index in [1.54, 1.807) is 20.3 Å². The van der Waals surface area contributed by atoms with Gasteiger partial charge >= 0.3 is 5.97 Å². The lowest BCUT2D eigenvalue weighted by Gasteiger charge is -2.26. The molecule has 3 rings (SSSR count). The first-order chi connectivity index (χ1) is 14.7. The first kappa shape index (κ1) is 24.6. The fraction of sp³-hybridized carbons (Fsp3) is 0.409. The SMILES string of the molecule is COC(=O)C(C)CC1[NH2+]CCc2cc(OC)c(OC)cc21.O=S(=O)([O-])c1ccccc1. The van der Waals surface area contributed by atoms with Gasteiger partial charge in [0, 0.05) is 18.4 Å². The molecule has 0 radical (unpaired) electrons. The second-order valence-electron chi connectivity index (χ2n) is 7.21. The Morgan fingerprint density at radius 2 is 1.74 bits per heavy atom. The Balaban J connectivity index is 0.000000285. The molecule has 1 aliphatic heterocycles. The molecule has 2 aromatic rings. The highest BCUT2D eigenvalue weighted by atomic mass is 32.2. The van der Waals surface area contributed by atoms with Gasteiger partial charge in [0.15, 0.2) is 11.5 Å². The van der Waals surface area contributed by atoms with E-state index in [1.165, 1.54) is 42.5 Å². The molecule has 2 atom stereocenters. The molecule has 0 saturated carbocycles. The maximum atomic E-state index is 11.6. The third kappa shape index (κ3) is 6.68. The van der Waals surface area contributed by atoms with Gasteiger partial charge in [-0.25, -0.2) is 8.42 Å². The maximum absolute atomic E-state index is 11.6. The molecule has 2 aromatic carbocycles. The minimum Gasteiger partial charge on any atom is -0.744 e. The van der Waals surface area contributed by atoms with Crippen LogP contribution in [-0.4, -0.2) is 46.8 Å². The Morgan fingerprint density at radius 3 is 2.26 bits per heavy atom. The molecule has 9 heteroatoms. The number of nitrogens with two attached hydrogens (primary N) is 1. The Hall–Kier alpha value is -2.62. The van der Waals surface area contributed by atoms with E-state index >= 15 is 0 Å². The van der Waals surface area contributed by atoms with E-state index in [0.717, 1.165) is 30.9 Å². The molecule has 1 heterocycles. The number of carbonyl (C=O) groups is 1. The van der Waals surface area contributed by atoms with Gasteiger partial charge in [-0.3, -0.25) is 4.79 Å². The monoisotopic (exact) mass is 451 g/mol. The van der Waals surface area contributed by atoms with E-state index in [0.29, 0.717) is 0 Å². The highest BCUT2D eigenvalue weighted by molar-refractivity contribution is 7.85. The summed E-state index contributed by atoms with van der Waals surface area (Å²) in [6.45, 7) is 2.93. The summed E-state index contributed by atoms with van der Waals surface area (Å²) < 4.78 is 46.4. The van der Waals surface area contributed by atoms with E-state index in [4.69, 9.17) is 14.2 Å². The van der Waals surface area contributed by atoms with Crippen LogP contribution in [0, 0.1) is 5.92 Å². The van der Waals surface area contributed by atoms with E-state index in [-0.39, 0.29) is 22.8 Å². The molecule has 31 heavy (non-hydrogen) atoms. The molecule has 0 saturated heterocycles. The Labute approximate surface area is 183 Å². The number of esters is 1. The van der Waals surface area contributed by atoms with Crippen molar-refractivity contribution in [2.75, 3.05) is 27.9 Å². The molecule has 0 amide bonds. The van der Waals surface area contributed by atoms with Gasteiger partial charge in [-0.05, 0) is 29.8 Å². The van der Waals surface area contributed by atoms with Crippen molar-refractivity contribution in [1.82, 2.24) is 0 Å². The van der Waals surface area contributed by atoms with Crippen LogP contribution in [-0.2, 0) is 26.1 Å². The topological polar surface area (TPSA) is 119 Å². The lowest BCUT2D eigenvalue weighted by molar-refractivity contribution is -0.700. The molecule has 0 fully saturated rings. The molecular formula is C22H29NO7S. The van der Waals surface area contributed by atoms with Crippen LogP contribution in [0.3, 0.4) is 0 Å². The molecule has 0 spiro atoms. The van der Waals surface area contributed by atoms with Crippen LogP contribution < -0.4 is 14.8 Å². The number of rotatable bonds is 6. The Kier molecular flexibility index (Phi) is 8.85. The average molecular weight is 452 g/mol. The summed E-state index contributed by atoms with van der Waals surface area (Å²) in [7, 11) is 0.473. The lowest BCUT2D eigenvalue weighted by atomic mass is 9.88. The molecule has 2 unspecified atom stereocenters. The lowest BCUT2D eigenvalue weighted by Crippen LogP contribution is -2.87. The highest BCUT2D eigenvalue weighted by Crippen LogP contribution is 2.35. The van der Waals surface area contributed by atoms with Crippen molar-refractivity contribution >= 4 is 16.1 Å². The van der Waals surface area contributed by atoms with Crippen molar-refractivity contribution in [3.63, 3.8) is 0 Å². The summed E-state index contributed by atoms with van der Waals surface area (Å²) >= 11 is 0. The number of hydrogen-bond acceptors (Lipinski definition) is 7. The number of quaternary nitrogens is 1. The van der Waals surface area contributed by atoms with E-state index in [1.807, 2.05) is 13.0 Å². The molecule has 0 bridgehead atoms. The van der Waals surface area contributed by atoms with Gasteiger partial charge in [0.25, 0.3) is 0 Å². The molecule has 8 nitrogen and oxygen atoms in total. The first-order valence-electron chi connectivity index (χ1n) is 9.88. The normalized spacial score (nSPS) is 16.2. The number of fused-ring (bicyclic) bond motifs is 1. The van der Waals surface area contributed by atoms with Crippen LogP contribution in [0.2, 0.25) is 0 Å². The van der Waals surface area contributed by atoms with Crippen molar-refractivity contribution < 1.29 is 37.3 Å². The maximum Gasteiger partial charge on any atom is 0.308 e. The van der Waals surface area contributed by atoms with E-state index in [9.17, 15) is 17.8 Å². The summed E-state index contributed by atoms with van der Waals surface area (Å²) in [5.41, 5.74) is 2.51. The third-order valence-corrected chi connectivity index (χ3v) is 6.00. The van der Waals surface area contributed by atoms with Gasteiger partial charge in [0.2, 0.25) is 0 Å². The quantitative estimate of drug-likeness (QED) is 0.524. The zero-order valence-corrected chi connectivity index (χ0v) is 19.0. The predicted octanol–water partition coefficient (Wildman–Crippen LogP) is 1.65. The molecular weight excluding hydrogens is 422 g/mol. The fourth-order valence-electron chi connectivity index (χ4n) is 3.55. The second kappa shape index (κ2) is 11.1. The van der Waals surface area contributed by atoms with Crippen LogP contribution >= 0.6 is 0 Å². The number of ether oxygens (including phenoxy) is 3. The van der Waals surface area contributed by atoms with E-state index < -0.39 is 10.1 Å². The van der Waals surface area contributed by atoms with E-state index in [2.05, 4.69) is 11.4 Å². The fourth-order valence-corrected chi connectivity index (χ4v) is 4.04. The number of methoxy groups -OCH3 is 3. The summed E-state index contributed by atoms with van der Waals surface area (Å²) in [5, 5.41) is 2.29. The predicted molar refractivity (Wildman–Crippen MR) is 113 cm³/mol. The number of carbonyl (C=O) groups excluding carboxylic acids is 1. The van der Waals surface area contributed by atoms with Crippen LogP contribution in [0.1, 0.15) is 30.5 Å². The molecule has 0 aromatic heterocycles. The summed E-state index contributed by atoms with van der Waals surface area (Å²) in [4.78, 5) is 11.5. The van der Waals surface area contributed by atoms with Crippen molar-refractivity contribution in [2.24, 2.45) is 5.92 Å². The molecule has 1 aliphatic rings. The van der Waals surface area contributed by atoms with Gasteiger partial charge in [-0.2, -0.15) is 0 Å². The zero-order valence-electron chi connectivity index (χ0n) is 18.2. The average Bonchev–Trinajstić information content (AvgIpc) is 2.78. The van der Waals surface area contributed by atoms with Gasteiger partial charge < -0.3 is 24.1 Å². The van der Waals surface area contributed by atoms with Crippen LogP contribution in [0.25, 0.3) is 0 Å². The largest absolute Gasteiger partial charge is 0.744 e. The molecule has 0 aliphatic carbocycles. The smallest absolute Gasteiger partial charge is 0.308 e. The highest BCUT2D eigenvalue weighted by Gasteiger charge is 2.29. The van der Waals surface area contributed by atoms with Gasteiger partial charge in [-0.15, -0.1) is 0 Å². The molecule has 170 valence electrons. The Morgan fingerprint density at radius 1 is 1.13 bits per heavy atom. The standard InChI is InChI=1S/C16H23NO4.C6H6O3S/c1-10(16(18)21-4)7-13-12-9-15(20-3)14(19-2)8-11(12)5-6-17-13;7-10(8,9)6-4-2-1-3-5-6/h8-10,13,17H,5-7H2,1-4H3;1-5H,(H,7,8,9). The van der Waals surface area contributed by atoms with Crippen molar-refractivity contribution in [3.8, 4) is 11.5 Å². The summed E-state index contributed by atoms with van der Waals surface area (Å²) in [5.74, 6) is 1.23. The Bertz CT molecular complexity index is 977. The van der Waals surface area contributed by atoms with Crippen molar-refractivity contribution in [2.45, 2.75) is 30.7 Å². The zero-order chi connectivity index (χ0) is 23.0. The van der Waals surface area contributed by atoms with Crippen molar-refractivity contribution in [1.29, 1.82) is 0 Å². The van der Waals surface area contributed by atoms with Crippen LogP contribution in [0.4, 0.5) is 0 Å². The molecule has 2 N–H and O–H groups in total. The second-order valence-corrected chi connectivity index (χ2v) is 8.59. The van der Waals surface area contributed by atoms with Crippen LogP contribution in [0.5, 0.6) is 11.5 Å². The minimum atomic E-state index is -4.25. The van der Waals surface area contributed by atoms with Crippen molar-refractivity contribution in [3.05, 3.63) is 53.6 Å². The number of benzene rings is 2.